The fraction of sp³-hybridized carbons (Fsp3) is 0.296. The van der Waals surface area contributed by atoms with Crippen LogP contribution in [0.1, 0.15) is 6.92 Å². The van der Waals surface area contributed by atoms with Crippen LogP contribution < -0.4 is 15.8 Å². The first-order valence-electron chi connectivity index (χ1n) is 12.1. The fourth-order valence-corrected chi connectivity index (χ4v) is 5.01. The summed E-state index contributed by atoms with van der Waals surface area (Å²) < 4.78 is 13.4. The Morgan fingerprint density at radius 3 is 2.33 bits per heavy atom. The molecule has 2 aromatic carbocycles. The second kappa shape index (κ2) is 10.2. The van der Waals surface area contributed by atoms with Crippen molar-refractivity contribution < 1.29 is 4.21 Å². The molecule has 186 valence electrons. The molecule has 1 saturated heterocycles. The highest BCUT2D eigenvalue weighted by atomic mass is 32.2. The van der Waals surface area contributed by atoms with E-state index in [1.807, 2.05) is 37.3 Å². The zero-order valence-electron chi connectivity index (χ0n) is 20.8. The third kappa shape index (κ3) is 4.89. The van der Waals surface area contributed by atoms with Gasteiger partial charge in [-0.15, -0.1) is 0 Å². The summed E-state index contributed by atoms with van der Waals surface area (Å²) >= 11 is 0. The number of aryl methyl sites for hydroxylation is 1. The standard InChI is InChI=1S/C27H30N6O2S/c1-4-33-25-20(17-24(26(33)34)19-5-11-23(12-6-19)36(3)35)18-28-27(30-25)29-21-7-9-22(10-8-21)32-15-13-31(2)14-16-32/h5-12,17-18H,4,13-16H2,1-3H3,(H,28,29,30). The van der Waals surface area contributed by atoms with Crippen LogP contribution in [0.25, 0.3) is 22.2 Å². The Morgan fingerprint density at radius 1 is 1.00 bits per heavy atom. The van der Waals surface area contributed by atoms with Crippen LogP contribution in [-0.4, -0.2) is 63.1 Å². The van der Waals surface area contributed by atoms with Gasteiger partial charge in [-0.2, -0.15) is 4.98 Å². The molecular formula is C27H30N6O2S. The number of fused-ring (bicyclic) bond motifs is 1. The average Bonchev–Trinajstić information content (AvgIpc) is 2.89. The molecule has 8 nitrogen and oxygen atoms in total. The SMILES string of the molecule is CCn1c(=O)c(-c2ccc(S(C)=O)cc2)cc2cnc(Nc3ccc(N4CCN(C)CC4)cc3)nc21. The Hall–Kier alpha value is -3.56. The first-order chi connectivity index (χ1) is 17.4. The van der Waals surface area contributed by atoms with Crippen molar-refractivity contribution in [2.75, 3.05) is 49.7 Å². The zero-order chi connectivity index (χ0) is 25.2. The first kappa shape index (κ1) is 24.1. The van der Waals surface area contributed by atoms with Crippen LogP contribution in [0.15, 0.2) is 70.5 Å². The molecule has 5 rings (SSSR count). The Labute approximate surface area is 213 Å². The summed E-state index contributed by atoms with van der Waals surface area (Å²) in [6.45, 7) is 6.59. The molecule has 2 aromatic heterocycles. The number of benzene rings is 2. The van der Waals surface area contributed by atoms with Crippen LogP contribution in [0.2, 0.25) is 0 Å². The lowest BCUT2D eigenvalue weighted by Crippen LogP contribution is -2.44. The quantitative estimate of drug-likeness (QED) is 0.430. The molecule has 0 amide bonds. The van der Waals surface area contributed by atoms with Gasteiger partial charge >= 0.3 is 0 Å². The molecule has 3 heterocycles. The lowest BCUT2D eigenvalue weighted by atomic mass is 10.1. The molecule has 0 radical (unpaired) electrons. The van der Waals surface area contributed by atoms with Gasteiger partial charge in [0.15, 0.2) is 0 Å². The van der Waals surface area contributed by atoms with E-state index in [1.54, 1.807) is 29.2 Å². The molecule has 0 aliphatic carbocycles. The summed E-state index contributed by atoms with van der Waals surface area (Å²) in [7, 11) is 1.09. The number of rotatable bonds is 6. The van der Waals surface area contributed by atoms with Crippen molar-refractivity contribution in [3.05, 3.63) is 71.1 Å². The third-order valence-corrected chi connectivity index (χ3v) is 7.57. The van der Waals surface area contributed by atoms with Crippen LogP contribution in [0, 0.1) is 0 Å². The minimum Gasteiger partial charge on any atom is -0.369 e. The van der Waals surface area contributed by atoms with Crippen LogP contribution >= 0.6 is 0 Å². The molecule has 0 bridgehead atoms. The largest absolute Gasteiger partial charge is 0.369 e. The number of likely N-dealkylation sites (N-methyl/N-ethyl adjacent to an activating group) is 1. The van der Waals surface area contributed by atoms with E-state index in [1.165, 1.54) is 5.69 Å². The highest BCUT2D eigenvalue weighted by molar-refractivity contribution is 7.84. The number of piperazine rings is 1. The summed E-state index contributed by atoms with van der Waals surface area (Å²) in [5.74, 6) is 0.443. The van der Waals surface area contributed by atoms with Crippen LogP contribution in [-0.2, 0) is 17.3 Å². The Morgan fingerprint density at radius 2 is 1.69 bits per heavy atom. The molecule has 1 aliphatic rings. The van der Waals surface area contributed by atoms with Crippen molar-refractivity contribution in [2.45, 2.75) is 18.4 Å². The van der Waals surface area contributed by atoms with Crippen molar-refractivity contribution in [1.29, 1.82) is 0 Å². The monoisotopic (exact) mass is 502 g/mol. The topological polar surface area (TPSA) is 83.4 Å². The van der Waals surface area contributed by atoms with E-state index in [0.29, 0.717) is 23.7 Å². The summed E-state index contributed by atoms with van der Waals surface area (Å²) in [6, 6.07) is 17.4. The minimum atomic E-state index is -1.07. The van der Waals surface area contributed by atoms with Gasteiger partial charge in [0.2, 0.25) is 5.95 Å². The van der Waals surface area contributed by atoms with E-state index < -0.39 is 10.8 Å². The number of nitrogens with one attached hydrogen (secondary N) is 1. The normalized spacial score (nSPS) is 15.2. The lowest BCUT2D eigenvalue weighted by molar-refractivity contribution is 0.313. The van der Waals surface area contributed by atoms with E-state index in [9.17, 15) is 9.00 Å². The fourth-order valence-electron chi connectivity index (χ4n) is 4.49. The van der Waals surface area contributed by atoms with Gasteiger partial charge in [-0.25, -0.2) is 4.98 Å². The van der Waals surface area contributed by atoms with Gasteiger partial charge in [0.25, 0.3) is 5.56 Å². The van der Waals surface area contributed by atoms with Gasteiger partial charge in [0.1, 0.15) is 5.65 Å². The molecule has 4 aromatic rings. The second-order valence-electron chi connectivity index (χ2n) is 9.02. The van der Waals surface area contributed by atoms with E-state index in [-0.39, 0.29) is 5.56 Å². The second-order valence-corrected chi connectivity index (χ2v) is 10.4. The third-order valence-electron chi connectivity index (χ3n) is 6.63. The van der Waals surface area contributed by atoms with Gasteiger partial charge in [0.05, 0.1) is 0 Å². The van der Waals surface area contributed by atoms with Gasteiger partial charge in [-0.1, -0.05) is 12.1 Å². The summed E-state index contributed by atoms with van der Waals surface area (Å²) in [4.78, 5) is 28.0. The van der Waals surface area contributed by atoms with Crippen LogP contribution in [0.3, 0.4) is 0 Å². The van der Waals surface area contributed by atoms with E-state index in [0.717, 1.165) is 47.7 Å². The van der Waals surface area contributed by atoms with Crippen molar-refractivity contribution in [1.82, 2.24) is 19.4 Å². The number of hydrogen-bond acceptors (Lipinski definition) is 7. The molecule has 36 heavy (non-hydrogen) atoms. The molecule has 9 heteroatoms. The summed E-state index contributed by atoms with van der Waals surface area (Å²) in [5.41, 5.74) is 3.92. The van der Waals surface area contributed by atoms with Gasteiger partial charge in [-0.3, -0.25) is 13.6 Å². The number of aromatic nitrogens is 3. The van der Waals surface area contributed by atoms with Crippen molar-refractivity contribution in [3.8, 4) is 11.1 Å². The van der Waals surface area contributed by atoms with E-state index in [4.69, 9.17) is 0 Å². The number of anilines is 3. The molecule has 1 unspecified atom stereocenters. The molecule has 1 aliphatic heterocycles. The lowest BCUT2D eigenvalue weighted by Gasteiger charge is -2.34. The van der Waals surface area contributed by atoms with E-state index >= 15 is 0 Å². The molecular weight excluding hydrogens is 472 g/mol. The van der Waals surface area contributed by atoms with Gasteiger partial charge in [0, 0.05) is 83.2 Å². The number of hydrogen-bond donors (Lipinski definition) is 1. The predicted molar refractivity (Wildman–Crippen MR) is 147 cm³/mol. The molecule has 0 saturated carbocycles. The summed E-state index contributed by atoms with van der Waals surface area (Å²) in [5, 5.41) is 4.06. The predicted octanol–water partition coefficient (Wildman–Crippen LogP) is 3.71. The maximum Gasteiger partial charge on any atom is 0.260 e. The van der Waals surface area contributed by atoms with Gasteiger partial charge < -0.3 is 15.1 Å². The molecule has 1 fully saturated rings. The van der Waals surface area contributed by atoms with Gasteiger partial charge in [-0.05, 0) is 62.0 Å². The van der Waals surface area contributed by atoms with Crippen LogP contribution in [0.4, 0.5) is 17.3 Å². The molecule has 1 atom stereocenters. The number of pyridine rings is 1. The highest BCUT2D eigenvalue weighted by Crippen LogP contribution is 2.24. The summed E-state index contributed by atoms with van der Waals surface area (Å²) in [6.07, 6.45) is 3.38. The average molecular weight is 503 g/mol. The maximum atomic E-state index is 13.3. The molecule has 1 N–H and O–H groups in total. The Kier molecular flexibility index (Phi) is 6.84. The first-order valence-corrected chi connectivity index (χ1v) is 13.6. The Bertz CT molecular complexity index is 1460. The van der Waals surface area contributed by atoms with Crippen molar-refractivity contribution >= 4 is 39.2 Å². The highest BCUT2D eigenvalue weighted by Gasteiger charge is 2.15. The Balaban J connectivity index is 1.41. The smallest absolute Gasteiger partial charge is 0.260 e. The number of nitrogens with zero attached hydrogens (tertiary/aromatic N) is 5. The van der Waals surface area contributed by atoms with E-state index in [2.05, 4.69) is 44.3 Å². The van der Waals surface area contributed by atoms with Crippen molar-refractivity contribution in [2.24, 2.45) is 0 Å². The van der Waals surface area contributed by atoms with Crippen molar-refractivity contribution in [3.63, 3.8) is 0 Å². The zero-order valence-corrected chi connectivity index (χ0v) is 21.6. The minimum absolute atomic E-state index is 0.114. The molecule has 0 spiro atoms. The van der Waals surface area contributed by atoms with Crippen LogP contribution in [0.5, 0.6) is 0 Å². The maximum absolute atomic E-state index is 13.3.